The zero-order chi connectivity index (χ0) is 23.5. The Bertz CT molecular complexity index is 1190. The van der Waals surface area contributed by atoms with Crippen molar-refractivity contribution in [3.63, 3.8) is 0 Å². The van der Waals surface area contributed by atoms with Crippen LogP contribution in [0.5, 0.6) is 0 Å². The molecule has 2 aliphatic heterocycles. The van der Waals surface area contributed by atoms with Gasteiger partial charge in [0.05, 0.1) is 25.2 Å². The number of anilines is 3. The van der Waals surface area contributed by atoms with E-state index >= 15 is 0 Å². The van der Waals surface area contributed by atoms with E-state index in [0.29, 0.717) is 75.3 Å². The van der Waals surface area contributed by atoms with Gasteiger partial charge in [-0.25, -0.2) is 4.39 Å². The fourth-order valence-corrected chi connectivity index (χ4v) is 4.34. The van der Waals surface area contributed by atoms with Gasteiger partial charge in [0.25, 0.3) is 5.89 Å². The van der Waals surface area contributed by atoms with Gasteiger partial charge in [0.15, 0.2) is 5.76 Å². The molecule has 1 amide bonds. The predicted molar refractivity (Wildman–Crippen MR) is 122 cm³/mol. The average molecular weight is 465 g/mol. The molecule has 176 valence electrons. The van der Waals surface area contributed by atoms with Crippen molar-refractivity contribution < 1.29 is 22.8 Å². The number of morpholine rings is 1. The maximum Gasteiger partial charge on any atom is 0.266 e. The van der Waals surface area contributed by atoms with Gasteiger partial charge in [-0.2, -0.15) is 10.2 Å². The number of nitriles is 1. The Morgan fingerprint density at radius 3 is 2.62 bits per heavy atom. The number of ether oxygens (including phenoxy) is 1. The van der Waals surface area contributed by atoms with Crippen molar-refractivity contribution in [2.45, 2.75) is 12.8 Å². The molecule has 3 aromatic rings. The number of nitrogens with zero attached hydrogens (tertiary/aromatic N) is 4. The summed E-state index contributed by atoms with van der Waals surface area (Å²) in [6.07, 6.45) is 2.65. The zero-order valence-corrected chi connectivity index (χ0v) is 18.5. The molecule has 2 saturated heterocycles. The molecule has 1 N–H and O–H groups in total. The van der Waals surface area contributed by atoms with Crippen LogP contribution in [0.15, 0.2) is 45.4 Å². The molecule has 4 heterocycles. The average Bonchev–Trinajstić information content (AvgIpc) is 3.55. The number of hydrogen-bond donors (Lipinski definition) is 1. The number of piperidine rings is 1. The number of rotatable bonds is 5. The summed E-state index contributed by atoms with van der Waals surface area (Å²) in [5.41, 5.74) is 1.14. The number of nitrogens with one attached hydrogen (secondary N) is 1. The predicted octanol–water partition coefficient (Wildman–Crippen LogP) is 3.64. The molecular formula is C24H24FN5O4. The molecule has 2 fully saturated rings. The Balaban J connectivity index is 1.20. The summed E-state index contributed by atoms with van der Waals surface area (Å²) in [6, 6.07) is 10.3. The Hall–Kier alpha value is -3.84. The van der Waals surface area contributed by atoms with Crippen molar-refractivity contribution in [2.24, 2.45) is 5.92 Å². The lowest BCUT2D eigenvalue weighted by Gasteiger charge is -2.31. The quantitative estimate of drug-likeness (QED) is 0.609. The highest BCUT2D eigenvalue weighted by Gasteiger charge is 2.29. The third-order valence-corrected chi connectivity index (χ3v) is 6.17. The number of carbonyl (C=O) groups is 1. The van der Waals surface area contributed by atoms with E-state index in [-0.39, 0.29) is 29.2 Å². The fraction of sp³-hybridized carbons (Fsp3) is 0.375. The van der Waals surface area contributed by atoms with Crippen LogP contribution in [0.4, 0.5) is 21.6 Å². The molecule has 0 unspecified atom stereocenters. The minimum atomic E-state index is -0.365. The van der Waals surface area contributed by atoms with Gasteiger partial charge in [-0.3, -0.25) is 4.79 Å². The summed E-state index contributed by atoms with van der Waals surface area (Å²) in [5.74, 6) is 0.344. The molecule has 0 saturated carbocycles. The van der Waals surface area contributed by atoms with Crippen LogP contribution in [0.2, 0.25) is 0 Å². The first kappa shape index (κ1) is 22.0. The van der Waals surface area contributed by atoms with Gasteiger partial charge in [-0.05, 0) is 43.2 Å². The first-order valence-electron chi connectivity index (χ1n) is 11.3. The van der Waals surface area contributed by atoms with Gasteiger partial charge in [0, 0.05) is 37.8 Å². The van der Waals surface area contributed by atoms with Crippen molar-refractivity contribution >= 4 is 23.2 Å². The van der Waals surface area contributed by atoms with Crippen LogP contribution < -0.4 is 15.1 Å². The molecule has 0 aliphatic carbocycles. The Morgan fingerprint density at radius 1 is 1.15 bits per heavy atom. The van der Waals surface area contributed by atoms with E-state index in [4.69, 9.17) is 13.6 Å². The highest BCUT2D eigenvalue weighted by Crippen LogP contribution is 2.32. The van der Waals surface area contributed by atoms with E-state index in [1.165, 1.54) is 12.3 Å². The van der Waals surface area contributed by atoms with Crippen molar-refractivity contribution in [1.82, 2.24) is 4.98 Å². The molecule has 34 heavy (non-hydrogen) atoms. The summed E-state index contributed by atoms with van der Waals surface area (Å²) >= 11 is 0. The number of carbonyl (C=O) groups excluding carboxylic acids is 1. The largest absolute Gasteiger partial charge is 0.459 e. The second-order valence-corrected chi connectivity index (χ2v) is 8.28. The fourth-order valence-electron chi connectivity index (χ4n) is 4.34. The number of oxazole rings is 1. The molecule has 0 spiro atoms. The Kier molecular flexibility index (Phi) is 6.18. The van der Waals surface area contributed by atoms with Crippen LogP contribution in [0.3, 0.4) is 0 Å². The topological polar surface area (TPSA) is 108 Å². The standard InChI is InChI=1S/C24H24FN5O4/c25-18-14-17(3-4-20(18)29-9-12-32-13-10-29)27-22(31)16-5-7-30(8-6-16)24-19(15-26)28-23(34-24)21-2-1-11-33-21/h1-4,11,14,16H,5-10,12-13H2,(H,27,31). The number of amides is 1. The molecular weight excluding hydrogens is 441 g/mol. The summed E-state index contributed by atoms with van der Waals surface area (Å²) < 4.78 is 31.1. The van der Waals surface area contributed by atoms with E-state index < -0.39 is 0 Å². The summed E-state index contributed by atoms with van der Waals surface area (Å²) in [4.78, 5) is 20.9. The number of hydrogen-bond acceptors (Lipinski definition) is 8. The molecule has 10 heteroatoms. The van der Waals surface area contributed by atoms with Crippen LogP contribution in [-0.4, -0.2) is 50.3 Å². The summed E-state index contributed by atoms with van der Waals surface area (Å²) in [5, 5.41) is 12.3. The molecule has 0 radical (unpaired) electrons. The summed E-state index contributed by atoms with van der Waals surface area (Å²) in [7, 11) is 0. The molecule has 5 rings (SSSR count). The number of benzene rings is 1. The van der Waals surface area contributed by atoms with E-state index in [2.05, 4.69) is 16.4 Å². The smallest absolute Gasteiger partial charge is 0.266 e. The van der Waals surface area contributed by atoms with E-state index in [1.807, 2.05) is 9.80 Å². The van der Waals surface area contributed by atoms with Crippen LogP contribution >= 0.6 is 0 Å². The lowest BCUT2D eigenvalue weighted by molar-refractivity contribution is -0.120. The van der Waals surface area contributed by atoms with Crippen LogP contribution in [0.25, 0.3) is 11.7 Å². The third kappa shape index (κ3) is 4.47. The number of furan rings is 1. The van der Waals surface area contributed by atoms with Gasteiger partial charge in [0.1, 0.15) is 11.9 Å². The second-order valence-electron chi connectivity index (χ2n) is 8.28. The van der Waals surface area contributed by atoms with Crippen LogP contribution in [0.1, 0.15) is 18.5 Å². The zero-order valence-electron chi connectivity index (χ0n) is 18.5. The first-order valence-corrected chi connectivity index (χ1v) is 11.3. The molecule has 0 bridgehead atoms. The van der Waals surface area contributed by atoms with Crippen molar-refractivity contribution in [3.8, 4) is 17.7 Å². The van der Waals surface area contributed by atoms with Crippen molar-refractivity contribution in [3.05, 3.63) is 48.1 Å². The highest BCUT2D eigenvalue weighted by molar-refractivity contribution is 5.93. The molecule has 2 aliphatic rings. The monoisotopic (exact) mass is 465 g/mol. The van der Waals surface area contributed by atoms with Gasteiger partial charge in [-0.15, -0.1) is 0 Å². The maximum absolute atomic E-state index is 14.7. The minimum Gasteiger partial charge on any atom is -0.459 e. The molecule has 1 aromatic carbocycles. The number of halogens is 1. The second kappa shape index (κ2) is 9.57. The Labute approximate surface area is 195 Å². The van der Waals surface area contributed by atoms with Gasteiger partial charge >= 0.3 is 0 Å². The third-order valence-electron chi connectivity index (χ3n) is 6.17. The normalized spacial score (nSPS) is 16.9. The Morgan fingerprint density at radius 2 is 1.94 bits per heavy atom. The SMILES string of the molecule is N#Cc1nc(-c2ccco2)oc1N1CCC(C(=O)Nc2ccc(N3CCOCC3)c(F)c2)CC1. The first-order chi connectivity index (χ1) is 16.6. The van der Waals surface area contributed by atoms with Gasteiger partial charge in [-0.1, -0.05) is 0 Å². The van der Waals surface area contributed by atoms with E-state index in [0.717, 1.165) is 0 Å². The minimum absolute atomic E-state index is 0.146. The van der Waals surface area contributed by atoms with E-state index in [9.17, 15) is 14.4 Å². The van der Waals surface area contributed by atoms with Gasteiger partial charge < -0.3 is 28.7 Å². The van der Waals surface area contributed by atoms with Crippen LogP contribution in [-0.2, 0) is 9.53 Å². The lowest BCUT2D eigenvalue weighted by atomic mass is 9.95. The van der Waals surface area contributed by atoms with Crippen LogP contribution in [0, 0.1) is 23.1 Å². The summed E-state index contributed by atoms with van der Waals surface area (Å²) in [6.45, 7) is 3.50. The highest BCUT2D eigenvalue weighted by atomic mass is 19.1. The molecule has 9 nitrogen and oxygen atoms in total. The van der Waals surface area contributed by atoms with Crippen molar-refractivity contribution in [2.75, 3.05) is 54.5 Å². The van der Waals surface area contributed by atoms with Crippen molar-refractivity contribution in [1.29, 1.82) is 5.26 Å². The number of aromatic nitrogens is 1. The van der Waals surface area contributed by atoms with Gasteiger partial charge in [0.2, 0.25) is 17.5 Å². The molecule has 2 aromatic heterocycles. The lowest BCUT2D eigenvalue weighted by Crippen LogP contribution is -2.38. The molecule has 0 atom stereocenters. The maximum atomic E-state index is 14.7. The van der Waals surface area contributed by atoms with E-state index in [1.54, 1.807) is 24.3 Å².